The van der Waals surface area contributed by atoms with Gasteiger partial charge in [0.25, 0.3) is 5.91 Å². The van der Waals surface area contributed by atoms with Gasteiger partial charge in [-0.2, -0.15) is 9.83 Å². The zero-order valence-electron chi connectivity index (χ0n) is 11.5. The van der Waals surface area contributed by atoms with Gasteiger partial charge in [-0.25, -0.2) is 0 Å². The number of aromatic nitrogens is 2. The summed E-state index contributed by atoms with van der Waals surface area (Å²) in [7, 11) is 0. The van der Waals surface area contributed by atoms with Gasteiger partial charge in [-0.15, -0.1) is 4.68 Å². The predicted octanol–water partition coefficient (Wildman–Crippen LogP) is 2.29. The fraction of sp³-hybridized carbons (Fsp3) is 0.125. The number of benzene rings is 1. The van der Waals surface area contributed by atoms with E-state index in [4.69, 9.17) is 0 Å². The smallest absolute Gasteiger partial charge is 0.272 e. The fourth-order valence-electron chi connectivity index (χ4n) is 2.50. The van der Waals surface area contributed by atoms with Gasteiger partial charge in [0.15, 0.2) is 5.69 Å². The highest BCUT2D eigenvalue weighted by molar-refractivity contribution is 5.83. The van der Waals surface area contributed by atoms with E-state index in [0.717, 1.165) is 22.6 Å². The maximum atomic E-state index is 11.5. The lowest BCUT2D eigenvalue weighted by Gasteiger charge is -2.02. The Labute approximate surface area is 117 Å². The Bertz CT molecular complexity index is 775. The second kappa shape index (κ2) is 4.81. The van der Waals surface area contributed by atoms with Gasteiger partial charge in [-0.3, -0.25) is 4.79 Å². The van der Waals surface area contributed by atoms with Crippen molar-refractivity contribution >= 4 is 11.6 Å². The summed E-state index contributed by atoms with van der Waals surface area (Å²) in [5, 5.41) is 0. The van der Waals surface area contributed by atoms with E-state index < -0.39 is 0 Å². The standard InChI is InChI=1S/C16H15N3O/c1-12-16(14-8-4-3-5-9-14)19(17-13(2)20)15-10-6-7-11-18(12)15/h3-11H,1-2H3/p+1. The highest BCUT2D eigenvalue weighted by Gasteiger charge is 2.24. The van der Waals surface area contributed by atoms with E-state index in [9.17, 15) is 4.79 Å². The number of pyridine rings is 1. The molecule has 0 spiro atoms. The summed E-state index contributed by atoms with van der Waals surface area (Å²) in [6.45, 7) is 3.57. The first-order valence-corrected chi connectivity index (χ1v) is 6.53. The summed E-state index contributed by atoms with van der Waals surface area (Å²) in [5.74, 6) is -0.0939. The molecular formula is C16H16N3O+. The first-order chi connectivity index (χ1) is 9.68. The molecule has 2 aromatic heterocycles. The Morgan fingerprint density at radius 2 is 1.80 bits per heavy atom. The van der Waals surface area contributed by atoms with Crippen LogP contribution in [0.4, 0.5) is 0 Å². The Balaban J connectivity index is 2.34. The molecular weight excluding hydrogens is 250 g/mol. The van der Waals surface area contributed by atoms with Gasteiger partial charge in [-0.05, 0) is 6.07 Å². The van der Waals surface area contributed by atoms with E-state index in [1.54, 1.807) is 0 Å². The summed E-state index contributed by atoms with van der Waals surface area (Å²) < 4.78 is 3.91. The van der Waals surface area contributed by atoms with Crippen molar-refractivity contribution < 1.29 is 9.20 Å². The third-order valence-electron chi connectivity index (χ3n) is 3.31. The molecule has 1 amide bonds. The van der Waals surface area contributed by atoms with Crippen LogP contribution in [0.3, 0.4) is 0 Å². The number of aryl methyl sites for hydroxylation is 1. The number of imidazole rings is 1. The van der Waals surface area contributed by atoms with E-state index in [-0.39, 0.29) is 5.91 Å². The molecule has 3 rings (SSSR count). The molecule has 2 heterocycles. The van der Waals surface area contributed by atoms with Crippen LogP contribution in [0.1, 0.15) is 12.6 Å². The molecule has 0 atom stereocenters. The molecule has 3 aromatic rings. The van der Waals surface area contributed by atoms with Crippen molar-refractivity contribution in [2.24, 2.45) is 0 Å². The van der Waals surface area contributed by atoms with Crippen molar-refractivity contribution in [2.45, 2.75) is 13.8 Å². The summed E-state index contributed by atoms with van der Waals surface area (Å²) >= 11 is 0. The van der Waals surface area contributed by atoms with Crippen molar-refractivity contribution in [3.63, 3.8) is 0 Å². The fourth-order valence-corrected chi connectivity index (χ4v) is 2.50. The minimum Gasteiger partial charge on any atom is -0.272 e. The van der Waals surface area contributed by atoms with Crippen molar-refractivity contribution in [3.05, 3.63) is 60.4 Å². The van der Waals surface area contributed by atoms with E-state index in [1.165, 1.54) is 6.92 Å². The van der Waals surface area contributed by atoms with Crippen LogP contribution in [0.15, 0.2) is 54.7 Å². The van der Waals surface area contributed by atoms with Gasteiger partial charge in [0, 0.05) is 25.5 Å². The molecule has 0 saturated heterocycles. The van der Waals surface area contributed by atoms with Crippen LogP contribution in [0.5, 0.6) is 0 Å². The predicted molar refractivity (Wildman–Crippen MR) is 77.8 cm³/mol. The lowest BCUT2D eigenvalue weighted by atomic mass is 10.1. The Morgan fingerprint density at radius 3 is 2.50 bits per heavy atom. The number of carbonyl (C=O) groups is 1. The molecule has 0 unspecified atom stereocenters. The molecule has 0 fully saturated rings. The zero-order valence-corrected chi connectivity index (χ0v) is 11.5. The number of nitrogens with one attached hydrogen (secondary N) is 1. The van der Waals surface area contributed by atoms with Crippen LogP contribution in [-0.4, -0.2) is 10.6 Å². The number of carbonyl (C=O) groups excluding carboxylic acids is 1. The van der Waals surface area contributed by atoms with Crippen LogP contribution in [-0.2, 0) is 4.79 Å². The number of hydrogen-bond acceptors (Lipinski definition) is 1. The molecule has 4 nitrogen and oxygen atoms in total. The SMILES string of the molecule is CC(=O)Nn1c(-c2ccccc2)c(C)[n+]2ccccc12. The summed E-state index contributed by atoms with van der Waals surface area (Å²) in [6, 6.07) is 16.0. The second-order valence-electron chi connectivity index (χ2n) is 4.73. The molecule has 0 aliphatic heterocycles. The van der Waals surface area contributed by atoms with Gasteiger partial charge in [0.05, 0.1) is 6.20 Å². The minimum absolute atomic E-state index is 0.0939. The molecule has 0 radical (unpaired) electrons. The molecule has 0 aliphatic carbocycles. The van der Waals surface area contributed by atoms with Crippen LogP contribution in [0.25, 0.3) is 16.9 Å². The van der Waals surface area contributed by atoms with Crippen LogP contribution < -0.4 is 9.83 Å². The zero-order chi connectivity index (χ0) is 14.1. The highest BCUT2D eigenvalue weighted by atomic mass is 16.2. The number of fused-ring (bicyclic) bond motifs is 1. The summed E-state index contributed by atoms with van der Waals surface area (Å²) in [4.78, 5) is 11.5. The Kier molecular flexibility index (Phi) is 2.99. The molecule has 4 heteroatoms. The summed E-state index contributed by atoms with van der Waals surface area (Å²) in [5.41, 5.74) is 6.97. The minimum atomic E-state index is -0.0939. The first-order valence-electron chi connectivity index (χ1n) is 6.53. The largest absolute Gasteiger partial charge is 0.310 e. The molecule has 0 aliphatic rings. The van der Waals surface area contributed by atoms with E-state index in [0.29, 0.717) is 0 Å². The highest BCUT2D eigenvalue weighted by Crippen LogP contribution is 2.23. The van der Waals surface area contributed by atoms with Crippen molar-refractivity contribution in [1.29, 1.82) is 0 Å². The van der Waals surface area contributed by atoms with Crippen LogP contribution in [0.2, 0.25) is 0 Å². The van der Waals surface area contributed by atoms with E-state index in [1.807, 2.05) is 66.3 Å². The van der Waals surface area contributed by atoms with Gasteiger partial charge in [0.1, 0.15) is 0 Å². The van der Waals surface area contributed by atoms with E-state index >= 15 is 0 Å². The average molecular weight is 266 g/mol. The average Bonchev–Trinajstić information content (AvgIpc) is 2.73. The summed E-state index contributed by atoms with van der Waals surface area (Å²) in [6.07, 6.45) is 2.00. The lowest BCUT2D eigenvalue weighted by molar-refractivity contribution is -0.517. The number of nitrogens with zero attached hydrogens (tertiary/aromatic N) is 2. The van der Waals surface area contributed by atoms with Gasteiger partial charge in [0.2, 0.25) is 5.69 Å². The molecule has 0 saturated carbocycles. The molecule has 0 bridgehead atoms. The first kappa shape index (κ1) is 12.4. The number of amides is 1. The van der Waals surface area contributed by atoms with Crippen molar-refractivity contribution in [2.75, 3.05) is 5.43 Å². The van der Waals surface area contributed by atoms with Gasteiger partial charge < -0.3 is 0 Å². The Hall–Kier alpha value is -2.62. The normalized spacial score (nSPS) is 10.7. The van der Waals surface area contributed by atoms with Crippen molar-refractivity contribution in [1.82, 2.24) is 4.68 Å². The number of rotatable bonds is 2. The third-order valence-corrected chi connectivity index (χ3v) is 3.31. The topological polar surface area (TPSA) is 38.1 Å². The van der Waals surface area contributed by atoms with Gasteiger partial charge >= 0.3 is 5.65 Å². The monoisotopic (exact) mass is 266 g/mol. The molecule has 1 aromatic carbocycles. The van der Waals surface area contributed by atoms with Crippen molar-refractivity contribution in [3.8, 4) is 11.3 Å². The maximum Gasteiger partial charge on any atom is 0.310 e. The third kappa shape index (κ3) is 1.95. The van der Waals surface area contributed by atoms with Crippen LogP contribution in [0, 0.1) is 6.92 Å². The molecule has 100 valence electrons. The van der Waals surface area contributed by atoms with Gasteiger partial charge in [-0.1, -0.05) is 36.4 Å². The van der Waals surface area contributed by atoms with E-state index in [2.05, 4.69) is 9.83 Å². The Morgan fingerprint density at radius 1 is 1.10 bits per heavy atom. The molecule has 1 N–H and O–H groups in total. The number of hydrogen-bond donors (Lipinski definition) is 1. The van der Waals surface area contributed by atoms with Crippen LogP contribution >= 0.6 is 0 Å². The quantitative estimate of drug-likeness (QED) is 0.710. The maximum absolute atomic E-state index is 11.5. The molecule has 20 heavy (non-hydrogen) atoms. The lowest BCUT2D eigenvalue weighted by Crippen LogP contribution is -2.25. The second-order valence-corrected chi connectivity index (χ2v) is 4.73.